The number of carbonyl (C=O) groups is 1. The Hall–Kier alpha value is -0.530. The fourth-order valence-corrected chi connectivity index (χ4v) is 9.68. The average molecular weight is 445 g/mol. The normalized spacial score (nSPS) is 43.0. The molecule has 0 spiro atoms. The Kier molecular flexibility index (Phi) is 7.68. The van der Waals surface area contributed by atoms with Crippen LogP contribution < -0.4 is 0 Å². The zero-order valence-corrected chi connectivity index (χ0v) is 22.0. The fraction of sp³-hybridized carbons (Fsp3) is 0.967. The first-order valence-corrected chi connectivity index (χ1v) is 14.4. The van der Waals surface area contributed by atoms with Crippen LogP contribution in [0.2, 0.25) is 0 Å². The molecule has 4 aliphatic rings. The first-order chi connectivity index (χ1) is 15.3. The van der Waals surface area contributed by atoms with Gasteiger partial charge in [0, 0.05) is 6.42 Å². The van der Waals surface area contributed by atoms with Crippen molar-refractivity contribution < 1.29 is 9.53 Å². The van der Waals surface area contributed by atoms with Crippen molar-refractivity contribution in [2.45, 2.75) is 125 Å². The van der Waals surface area contributed by atoms with Gasteiger partial charge in [-0.25, -0.2) is 0 Å². The maximum atomic E-state index is 11.4. The third-order valence-corrected chi connectivity index (χ3v) is 11.5. The number of hydrogen-bond donors (Lipinski definition) is 0. The van der Waals surface area contributed by atoms with Crippen LogP contribution in [-0.2, 0) is 9.53 Å². The lowest BCUT2D eigenvalue weighted by Gasteiger charge is -2.61. The third kappa shape index (κ3) is 4.55. The molecule has 0 radical (unpaired) electrons. The molecule has 184 valence electrons. The zero-order valence-electron chi connectivity index (χ0n) is 22.0. The number of ether oxygens (including phenoxy) is 1. The van der Waals surface area contributed by atoms with E-state index in [1.165, 1.54) is 77.0 Å². The summed E-state index contributed by atoms with van der Waals surface area (Å²) in [6, 6.07) is 0. The summed E-state index contributed by atoms with van der Waals surface area (Å²) in [7, 11) is 0. The van der Waals surface area contributed by atoms with E-state index >= 15 is 0 Å². The molecule has 0 bridgehead atoms. The minimum Gasteiger partial charge on any atom is -0.465 e. The zero-order chi connectivity index (χ0) is 22.9. The van der Waals surface area contributed by atoms with Crippen molar-refractivity contribution in [1.29, 1.82) is 0 Å². The van der Waals surface area contributed by atoms with Gasteiger partial charge in [0.2, 0.25) is 0 Å². The number of hydrogen-bond acceptors (Lipinski definition) is 2. The molecule has 2 unspecified atom stereocenters. The van der Waals surface area contributed by atoms with Crippen molar-refractivity contribution in [3.63, 3.8) is 0 Å². The van der Waals surface area contributed by atoms with Crippen LogP contribution in [0, 0.1) is 52.3 Å². The minimum atomic E-state index is -0.0538. The molecule has 0 saturated heterocycles. The Balaban J connectivity index is 1.32. The van der Waals surface area contributed by atoms with Gasteiger partial charge in [0.05, 0.1) is 6.61 Å². The number of rotatable bonds is 8. The fourth-order valence-electron chi connectivity index (χ4n) is 9.68. The highest BCUT2D eigenvalue weighted by molar-refractivity contribution is 5.68. The molecule has 4 fully saturated rings. The number of esters is 1. The Morgan fingerprint density at radius 3 is 2.47 bits per heavy atom. The van der Waals surface area contributed by atoms with Crippen LogP contribution in [0.4, 0.5) is 0 Å². The van der Waals surface area contributed by atoms with Crippen molar-refractivity contribution >= 4 is 5.97 Å². The van der Waals surface area contributed by atoms with Gasteiger partial charge in [-0.2, -0.15) is 0 Å². The predicted octanol–water partition coefficient (Wildman–Crippen LogP) is 8.43. The van der Waals surface area contributed by atoms with Crippen molar-refractivity contribution in [2.24, 2.45) is 52.3 Å². The molecule has 4 saturated carbocycles. The summed E-state index contributed by atoms with van der Waals surface area (Å²) in [6.45, 7) is 12.7. The van der Waals surface area contributed by atoms with E-state index in [4.69, 9.17) is 4.74 Å². The highest BCUT2D eigenvalue weighted by Gasteiger charge is 2.60. The number of fused-ring (bicyclic) bond motifs is 5. The van der Waals surface area contributed by atoms with Crippen LogP contribution in [0.25, 0.3) is 0 Å². The summed E-state index contributed by atoms with van der Waals surface area (Å²) in [4.78, 5) is 11.4. The Morgan fingerprint density at radius 1 is 0.906 bits per heavy atom. The maximum Gasteiger partial charge on any atom is 0.305 e. The monoisotopic (exact) mass is 444 g/mol. The van der Waals surface area contributed by atoms with Gasteiger partial charge in [-0.1, -0.05) is 60.3 Å². The second kappa shape index (κ2) is 9.99. The average Bonchev–Trinajstić information content (AvgIpc) is 3.14. The summed E-state index contributed by atoms with van der Waals surface area (Å²) in [5, 5.41) is 0. The summed E-state index contributed by atoms with van der Waals surface area (Å²) in [5.41, 5.74) is 1.27. The molecule has 0 amide bonds. The Morgan fingerprint density at radius 2 is 1.69 bits per heavy atom. The number of carbonyl (C=O) groups excluding carboxylic acids is 1. The maximum absolute atomic E-state index is 11.4. The molecule has 9 atom stereocenters. The smallest absolute Gasteiger partial charge is 0.305 e. The van der Waals surface area contributed by atoms with Crippen molar-refractivity contribution in [3.05, 3.63) is 0 Å². The van der Waals surface area contributed by atoms with E-state index in [2.05, 4.69) is 27.7 Å². The lowest BCUT2D eigenvalue weighted by Crippen LogP contribution is -2.53. The van der Waals surface area contributed by atoms with Crippen LogP contribution in [0.1, 0.15) is 125 Å². The van der Waals surface area contributed by atoms with E-state index in [1.807, 2.05) is 6.92 Å². The second-order valence-electron chi connectivity index (χ2n) is 13.2. The molecular weight excluding hydrogens is 392 g/mol. The Bertz CT molecular complexity index is 643. The first kappa shape index (κ1) is 24.6. The molecule has 0 aromatic heterocycles. The van der Waals surface area contributed by atoms with E-state index in [0.29, 0.717) is 29.8 Å². The lowest BCUT2D eigenvalue weighted by atomic mass is 9.44. The van der Waals surface area contributed by atoms with Gasteiger partial charge in [-0.05, 0) is 110 Å². The molecule has 4 aliphatic carbocycles. The SMILES string of the molecule is CCC(=O)OCC(C)CCC[C@@H](C)[C@H]1CC[C@H]2[C@@H]3CCC4CCCC[C@]4(C)[C@H]3CC[C@]12C. The lowest BCUT2D eigenvalue weighted by molar-refractivity contribution is -0.144. The van der Waals surface area contributed by atoms with E-state index in [9.17, 15) is 4.79 Å². The first-order valence-electron chi connectivity index (χ1n) is 14.4. The van der Waals surface area contributed by atoms with E-state index < -0.39 is 0 Å². The summed E-state index contributed by atoms with van der Waals surface area (Å²) < 4.78 is 5.35. The Labute approximate surface area is 199 Å². The third-order valence-electron chi connectivity index (χ3n) is 11.5. The van der Waals surface area contributed by atoms with E-state index in [0.717, 1.165) is 35.5 Å². The summed E-state index contributed by atoms with van der Waals surface area (Å²) in [6.07, 6.45) is 19.5. The van der Waals surface area contributed by atoms with Crippen molar-refractivity contribution in [2.75, 3.05) is 6.61 Å². The van der Waals surface area contributed by atoms with Crippen molar-refractivity contribution in [1.82, 2.24) is 0 Å². The highest BCUT2D eigenvalue weighted by atomic mass is 16.5. The van der Waals surface area contributed by atoms with E-state index in [-0.39, 0.29) is 5.97 Å². The van der Waals surface area contributed by atoms with Gasteiger partial charge in [0.1, 0.15) is 0 Å². The van der Waals surface area contributed by atoms with E-state index in [1.54, 1.807) is 6.42 Å². The molecule has 2 nitrogen and oxygen atoms in total. The standard InChI is InChI=1S/C30H52O2/c1-6-28(31)32-20-21(2)10-9-11-22(3)25-15-16-26-24-14-13-23-12-7-8-18-29(23,4)27(24)17-19-30(25,26)5/h21-27H,6-20H2,1-5H3/t21?,22-,23?,24+,25-,26+,27+,29+,30-/m1/s1. The van der Waals surface area contributed by atoms with Gasteiger partial charge in [0.25, 0.3) is 0 Å². The van der Waals surface area contributed by atoms with Crippen LogP contribution >= 0.6 is 0 Å². The molecule has 0 aromatic rings. The van der Waals surface area contributed by atoms with Crippen molar-refractivity contribution in [3.8, 4) is 0 Å². The molecule has 0 aliphatic heterocycles. The topological polar surface area (TPSA) is 26.3 Å². The van der Waals surface area contributed by atoms with Gasteiger partial charge >= 0.3 is 5.97 Å². The molecule has 0 heterocycles. The summed E-state index contributed by atoms with van der Waals surface area (Å²) in [5.74, 6) is 6.30. The minimum absolute atomic E-state index is 0.0538. The predicted molar refractivity (Wildman–Crippen MR) is 133 cm³/mol. The molecule has 0 N–H and O–H groups in total. The van der Waals surface area contributed by atoms with Gasteiger partial charge in [0.15, 0.2) is 0 Å². The largest absolute Gasteiger partial charge is 0.465 e. The van der Waals surface area contributed by atoms with Crippen LogP contribution in [-0.4, -0.2) is 12.6 Å². The highest BCUT2D eigenvalue weighted by Crippen LogP contribution is 2.68. The summed E-state index contributed by atoms with van der Waals surface area (Å²) >= 11 is 0. The van der Waals surface area contributed by atoms with Crippen LogP contribution in [0.5, 0.6) is 0 Å². The molecular formula is C30H52O2. The van der Waals surface area contributed by atoms with Crippen LogP contribution in [0.15, 0.2) is 0 Å². The second-order valence-corrected chi connectivity index (χ2v) is 13.2. The molecule has 2 heteroatoms. The van der Waals surface area contributed by atoms with Gasteiger partial charge in [-0.15, -0.1) is 0 Å². The molecule has 32 heavy (non-hydrogen) atoms. The quantitative estimate of drug-likeness (QED) is 0.351. The van der Waals surface area contributed by atoms with Gasteiger partial charge in [-0.3, -0.25) is 4.79 Å². The molecule has 0 aromatic carbocycles. The van der Waals surface area contributed by atoms with Crippen LogP contribution in [0.3, 0.4) is 0 Å². The molecule has 4 rings (SSSR count). The van der Waals surface area contributed by atoms with Gasteiger partial charge < -0.3 is 4.74 Å².